The predicted molar refractivity (Wildman–Crippen MR) is 116 cm³/mol. The van der Waals surface area contributed by atoms with E-state index in [4.69, 9.17) is 37.1 Å². The zero-order valence-electron chi connectivity index (χ0n) is 15.3. The van der Waals surface area contributed by atoms with E-state index in [0.717, 1.165) is 16.0 Å². The van der Waals surface area contributed by atoms with Crippen molar-refractivity contribution in [2.24, 2.45) is 0 Å². The van der Waals surface area contributed by atoms with Crippen LogP contribution in [-0.2, 0) is 6.54 Å². The molecule has 4 rings (SSSR count). The van der Waals surface area contributed by atoms with E-state index in [9.17, 15) is 4.79 Å². The number of ether oxygens (including phenoxy) is 2. The molecule has 0 fully saturated rings. The van der Waals surface area contributed by atoms with Crippen molar-refractivity contribution in [2.45, 2.75) is 6.54 Å². The molecule has 6 nitrogen and oxygen atoms in total. The van der Waals surface area contributed by atoms with Crippen LogP contribution in [0.1, 0.15) is 16.1 Å². The monoisotopic (exact) mass is 468 g/mol. The lowest BCUT2D eigenvalue weighted by Crippen LogP contribution is -2.30. The van der Waals surface area contributed by atoms with Crippen molar-refractivity contribution < 1.29 is 18.7 Å². The first-order valence-electron chi connectivity index (χ1n) is 8.32. The number of amides is 1. The van der Waals surface area contributed by atoms with E-state index in [1.807, 2.05) is 0 Å². The van der Waals surface area contributed by atoms with Gasteiger partial charge >= 0.3 is 0 Å². The summed E-state index contributed by atoms with van der Waals surface area (Å²) in [6.45, 7) is 0.181. The topological polar surface area (TPSA) is 64.8 Å². The Morgan fingerprint density at radius 1 is 1.17 bits per heavy atom. The van der Waals surface area contributed by atoms with Crippen molar-refractivity contribution >= 4 is 67.1 Å². The minimum Gasteiger partial charge on any atom is -0.495 e. The maximum absolute atomic E-state index is 13.3. The molecule has 4 aromatic rings. The third kappa shape index (κ3) is 3.81. The number of hydrogen-bond acceptors (Lipinski definition) is 7. The summed E-state index contributed by atoms with van der Waals surface area (Å²) in [5.74, 6) is 1.51. The lowest BCUT2D eigenvalue weighted by molar-refractivity contribution is 0.0984. The number of benzene rings is 1. The summed E-state index contributed by atoms with van der Waals surface area (Å²) >= 11 is 14.7. The molecule has 10 heteroatoms. The standard InChI is InChI=1S/C19H14Cl2N2O4S2/c1-25-12-5-6-13(26-2)16-15(12)22-19(29-16)23(9-10-4-3-7-27-10)18(24)11-8-14(20)28-17(11)21/h3-8H,9H2,1-2H3. The molecular weight excluding hydrogens is 455 g/mol. The van der Waals surface area contributed by atoms with Crippen LogP contribution in [-0.4, -0.2) is 25.1 Å². The molecule has 0 aliphatic carbocycles. The number of methoxy groups -OCH3 is 2. The summed E-state index contributed by atoms with van der Waals surface area (Å²) in [6, 6.07) is 8.69. The van der Waals surface area contributed by atoms with Crippen LogP contribution >= 0.6 is 45.9 Å². The minimum atomic E-state index is -0.327. The van der Waals surface area contributed by atoms with Gasteiger partial charge < -0.3 is 13.9 Å². The van der Waals surface area contributed by atoms with Crippen LogP contribution in [0.4, 0.5) is 5.13 Å². The largest absolute Gasteiger partial charge is 0.495 e. The summed E-state index contributed by atoms with van der Waals surface area (Å²) < 4.78 is 17.8. The fourth-order valence-electron chi connectivity index (χ4n) is 2.81. The number of furan rings is 1. The highest BCUT2D eigenvalue weighted by Gasteiger charge is 2.27. The van der Waals surface area contributed by atoms with Gasteiger partial charge in [-0.15, -0.1) is 11.3 Å². The van der Waals surface area contributed by atoms with E-state index < -0.39 is 0 Å². The van der Waals surface area contributed by atoms with Crippen LogP contribution in [0.5, 0.6) is 11.5 Å². The van der Waals surface area contributed by atoms with E-state index >= 15 is 0 Å². The van der Waals surface area contributed by atoms with Gasteiger partial charge in [0.25, 0.3) is 5.91 Å². The number of nitrogens with zero attached hydrogens (tertiary/aromatic N) is 2. The van der Waals surface area contributed by atoms with Gasteiger partial charge in [-0.25, -0.2) is 4.98 Å². The molecule has 150 valence electrons. The minimum absolute atomic E-state index is 0.181. The maximum atomic E-state index is 13.3. The van der Waals surface area contributed by atoms with E-state index in [0.29, 0.717) is 42.1 Å². The highest BCUT2D eigenvalue weighted by atomic mass is 35.5. The number of carbonyl (C=O) groups is 1. The predicted octanol–water partition coefficient (Wildman–Crippen LogP) is 6.12. The summed E-state index contributed by atoms with van der Waals surface area (Å²) in [4.78, 5) is 19.5. The van der Waals surface area contributed by atoms with Gasteiger partial charge in [-0.2, -0.15) is 0 Å². The molecule has 3 heterocycles. The lowest BCUT2D eigenvalue weighted by atomic mass is 10.3. The Bertz CT molecular complexity index is 1130. The number of carbonyl (C=O) groups excluding carboxylic acids is 1. The van der Waals surface area contributed by atoms with Gasteiger partial charge in [-0.05, 0) is 30.3 Å². The molecule has 0 bridgehead atoms. The third-order valence-corrected chi connectivity index (χ3v) is 6.74. The van der Waals surface area contributed by atoms with E-state index in [-0.39, 0.29) is 12.5 Å². The molecule has 0 unspecified atom stereocenters. The normalized spacial score (nSPS) is 11.0. The summed E-state index contributed by atoms with van der Waals surface area (Å²) in [6.07, 6.45) is 1.55. The molecule has 0 aliphatic heterocycles. The van der Waals surface area contributed by atoms with Gasteiger partial charge in [0.1, 0.15) is 31.8 Å². The molecule has 3 aromatic heterocycles. The SMILES string of the molecule is COc1ccc(OC)c2sc(N(Cc3ccco3)C(=O)c3cc(Cl)sc3Cl)nc12. The Kier molecular flexibility index (Phi) is 5.69. The van der Waals surface area contributed by atoms with Crippen LogP contribution in [0.2, 0.25) is 8.67 Å². The highest BCUT2D eigenvalue weighted by molar-refractivity contribution is 7.23. The smallest absolute Gasteiger partial charge is 0.262 e. The van der Waals surface area contributed by atoms with Crippen molar-refractivity contribution in [1.82, 2.24) is 4.98 Å². The van der Waals surface area contributed by atoms with Gasteiger partial charge in [-0.3, -0.25) is 9.69 Å². The third-order valence-electron chi connectivity index (χ3n) is 4.16. The van der Waals surface area contributed by atoms with Gasteiger partial charge in [0.15, 0.2) is 5.13 Å². The van der Waals surface area contributed by atoms with Crippen LogP contribution in [0, 0.1) is 0 Å². The first-order valence-corrected chi connectivity index (χ1v) is 10.7. The zero-order valence-corrected chi connectivity index (χ0v) is 18.4. The first kappa shape index (κ1) is 20.0. The number of thiophene rings is 1. The van der Waals surface area contributed by atoms with E-state index in [2.05, 4.69) is 4.98 Å². The fourth-order valence-corrected chi connectivity index (χ4v) is 5.33. The fraction of sp³-hybridized carbons (Fsp3) is 0.158. The average Bonchev–Trinajstić information content (AvgIpc) is 3.44. The zero-order chi connectivity index (χ0) is 20.5. The second kappa shape index (κ2) is 8.23. The molecule has 0 N–H and O–H groups in total. The van der Waals surface area contributed by atoms with E-state index in [1.54, 1.807) is 50.8 Å². The molecule has 29 heavy (non-hydrogen) atoms. The number of hydrogen-bond donors (Lipinski definition) is 0. The Balaban J connectivity index is 1.84. The Morgan fingerprint density at radius 2 is 1.93 bits per heavy atom. The maximum Gasteiger partial charge on any atom is 0.262 e. The van der Waals surface area contributed by atoms with Crippen LogP contribution in [0.25, 0.3) is 10.2 Å². The van der Waals surface area contributed by atoms with Gasteiger partial charge in [0.2, 0.25) is 0 Å². The molecule has 0 saturated heterocycles. The molecule has 0 radical (unpaired) electrons. The van der Waals surface area contributed by atoms with E-state index in [1.165, 1.54) is 16.2 Å². The quantitative estimate of drug-likeness (QED) is 0.340. The average molecular weight is 469 g/mol. The molecule has 1 aromatic carbocycles. The molecule has 0 saturated carbocycles. The Labute approximate surface area is 184 Å². The molecule has 0 spiro atoms. The first-order chi connectivity index (χ1) is 14.0. The molecule has 1 amide bonds. The number of fused-ring (bicyclic) bond motifs is 1. The molecule has 0 aliphatic rings. The summed E-state index contributed by atoms with van der Waals surface area (Å²) in [5.41, 5.74) is 0.921. The van der Waals surface area contributed by atoms with Gasteiger partial charge in [-0.1, -0.05) is 34.5 Å². The van der Waals surface area contributed by atoms with Crippen molar-refractivity contribution in [3.8, 4) is 11.5 Å². The van der Waals surface area contributed by atoms with Crippen molar-refractivity contribution in [1.29, 1.82) is 0 Å². The van der Waals surface area contributed by atoms with Crippen molar-refractivity contribution in [2.75, 3.05) is 19.1 Å². The summed E-state index contributed by atoms with van der Waals surface area (Å²) in [5, 5.41) is 0.461. The number of anilines is 1. The van der Waals surface area contributed by atoms with Crippen LogP contribution in [0.3, 0.4) is 0 Å². The number of aromatic nitrogens is 1. The van der Waals surface area contributed by atoms with Crippen LogP contribution < -0.4 is 14.4 Å². The Hall–Kier alpha value is -2.26. The Morgan fingerprint density at radius 3 is 2.55 bits per heavy atom. The van der Waals surface area contributed by atoms with Gasteiger partial charge in [0, 0.05) is 0 Å². The molecule has 0 atom stereocenters. The molecular formula is C19H14Cl2N2O4S2. The highest BCUT2D eigenvalue weighted by Crippen LogP contribution is 2.41. The number of halogens is 2. The van der Waals surface area contributed by atoms with Crippen molar-refractivity contribution in [3.05, 3.63) is 56.6 Å². The van der Waals surface area contributed by atoms with Gasteiger partial charge in [0.05, 0.1) is 36.9 Å². The van der Waals surface area contributed by atoms with Crippen LogP contribution in [0.15, 0.2) is 41.0 Å². The number of thiazole rings is 1. The summed E-state index contributed by atoms with van der Waals surface area (Å²) in [7, 11) is 3.15. The lowest BCUT2D eigenvalue weighted by Gasteiger charge is -2.18. The second-order valence-corrected chi connectivity index (χ2v) is 9.12. The van der Waals surface area contributed by atoms with Crippen molar-refractivity contribution in [3.63, 3.8) is 0 Å². The number of rotatable bonds is 6. The second-order valence-electron chi connectivity index (χ2n) is 5.85.